The van der Waals surface area contributed by atoms with Crippen molar-refractivity contribution in [3.63, 3.8) is 0 Å². The van der Waals surface area contributed by atoms with Crippen LogP contribution in [0.25, 0.3) is 0 Å². The molecule has 0 amide bonds. The minimum atomic E-state index is -0.819. The van der Waals surface area contributed by atoms with Crippen LogP contribution >= 0.6 is 0 Å². The van der Waals surface area contributed by atoms with Crippen LogP contribution in [0, 0.1) is 0 Å². The van der Waals surface area contributed by atoms with Crippen LogP contribution in [-0.4, -0.2) is 37.2 Å². The smallest absolute Gasteiger partial charge is 0.306 e. The molecule has 0 aromatic heterocycles. The molecule has 0 radical (unpaired) electrons. The monoisotopic (exact) mass is 869 g/mol. The first-order valence-corrected chi connectivity index (χ1v) is 24.8. The van der Waals surface area contributed by atoms with Gasteiger partial charge in [0, 0.05) is 19.3 Å². The number of unbranched alkanes of at least 4 members (excludes halogenated alkanes) is 17. The van der Waals surface area contributed by atoms with Crippen molar-refractivity contribution in [1.29, 1.82) is 0 Å². The number of carbonyl (C=O) groups excluding carboxylic acids is 3. The molecular formula is C57H88O6. The average Bonchev–Trinajstić information content (AvgIpc) is 3.28. The molecule has 0 aliphatic carbocycles. The van der Waals surface area contributed by atoms with Crippen LogP contribution in [-0.2, 0) is 28.6 Å². The molecule has 6 heteroatoms. The van der Waals surface area contributed by atoms with E-state index in [2.05, 4.69) is 57.2 Å². The number of esters is 3. The average molecular weight is 869 g/mol. The number of hydrogen-bond acceptors (Lipinski definition) is 6. The van der Waals surface area contributed by atoms with Crippen molar-refractivity contribution >= 4 is 17.9 Å². The zero-order valence-electron chi connectivity index (χ0n) is 40.0. The van der Waals surface area contributed by atoms with Gasteiger partial charge in [-0.15, -0.1) is 0 Å². The van der Waals surface area contributed by atoms with Crippen LogP contribution in [0.1, 0.15) is 188 Å². The molecule has 0 heterocycles. The summed E-state index contributed by atoms with van der Waals surface area (Å²) in [4.78, 5) is 37.9. The summed E-state index contributed by atoms with van der Waals surface area (Å²) in [6.07, 6.45) is 70.0. The Bertz CT molecular complexity index is 1420. The van der Waals surface area contributed by atoms with E-state index in [4.69, 9.17) is 14.2 Å². The fraction of sp³-hybridized carbons (Fsp3) is 0.561. The van der Waals surface area contributed by atoms with Crippen molar-refractivity contribution in [1.82, 2.24) is 0 Å². The minimum Gasteiger partial charge on any atom is -0.462 e. The van der Waals surface area contributed by atoms with E-state index in [0.29, 0.717) is 19.3 Å². The molecule has 0 bridgehead atoms. The summed E-state index contributed by atoms with van der Waals surface area (Å²) in [7, 11) is 0. The Morgan fingerprint density at radius 1 is 0.333 bits per heavy atom. The highest BCUT2D eigenvalue weighted by molar-refractivity contribution is 5.71. The lowest BCUT2D eigenvalue weighted by atomic mass is 10.1. The van der Waals surface area contributed by atoms with Crippen molar-refractivity contribution in [2.75, 3.05) is 13.2 Å². The van der Waals surface area contributed by atoms with Gasteiger partial charge in [-0.05, 0) is 83.5 Å². The van der Waals surface area contributed by atoms with E-state index in [1.165, 1.54) is 64.2 Å². The van der Waals surface area contributed by atoms with Gasteiger partial charge in [0.2, 0.25) is 0 Å². The molecule has 0 fully saturated rings. The quantitative estimate of drug-likeness (QED) is 0.0200. The molecule has 63 heavy (non-hydrogen) atoms. The minimum absolute atomic E-state index is 0.120. The van der Waals surface area contributed by atoms with Gasteiger partial charge in [-0.25, -0.2) is 0 Å². The van der Waals surface area contributed by atoms with Crippen molar-refractivity contribution in [3.05, 3.63) is 134 Å². The molecule has 0 aliphatic heterocycles. The third-order valence-electron chi connectivity index (χ3n) is 9.88. The van der Waals surface area contributed by atoms with E-state index >= 15 is 0 Å². The second-order valence-corrected chi connectivity index (χ2v) is 15.8. The van der Waals surface area contributed by atoms with Gasteiger partial charge >= 0.3 is 17.9 Å². The summed E-state index contributed by atoms with van der Waals surface area (Å²) < 4.78 is 16.7. The first-order chi connectivity index (χ1) is 31.0. The molecule has 0 aromatic rings. The molecule has 352 valence electrons. The summed E-state index contributed by atoms with van der Waals surface area (Å²) in [6.45, 7) is 6.23. The number of ether oxygens (including phenoxy) is 3. The highest BCUT2D eigenvalue weighted by Crippen LogP contribution is 2.13. The van der Waals surface area contributed by atoms with Crippen LogP contribution in [0.2, 0.25) is 0 Å². The SMILES string of the molecule is CC/C=C/C=C/C=C/C=C/C=C/C=C/CCCCCC(=O)OCC(COC(=O)CCCCC/C=C/C=C/C=C/C=C/CC)OC(=O)CCCCCCCCC/C=C/CCCCCC. The Kier molecular flexibility index (Phi) is 46.7. The molecule has 1 atom stereocenters. The number of hydrogen-bond donors (Lipinski definition) is 0. The van der Waals surface area contributed by atoms with Gasteiger partial charge in [0.15, 0.2) is 6.10 Å². The van der Waals surface area contributed by atoms with E-state index in [0.717, 1.165) is 83.5 Å². The zero-order valence-corrected chi connectivity index (χ0v) is 40.0. The topological polar surface area (TPSA) is 78.9 Å². The normalized spacial score (nSPS) is 13.3. The Hall–Kier alpha value is -4.45. The van der Waals surface area contributed by atoms with Gasteiger partial charge in [-0.2, -0.15) is 0 Å². The van der Waals surface area contributed by atoms with Gasteiger partial charge in [-0.1, -0.05) is 219 Å². The lowest BCUT2D eigenvalue weighted by molar-refractivity contribution is -0.167. The Morgan fingerprint density at radius 2 is 0.635 bits per heavy atom. The van der Waals surface area contributed by atoms with E-state index in [1.807, 2.05) is 97.2 Å². The molecule has 6 nitrogen and oxygen atoms in total. The number of allylic oxidation sites excluding steroid dienone is 22. The van der Waals surface area contributed by atoms with E-state index in [-0.39, 0.29) is 31.1 Å². The lowest BCUT2D eigenvalue weighted by Crippen LogP contribution is -2.30. The standard InChI is InChI=1S/C57H88O6/c1-4-7-10-13-16-19-22-25-27-28-30-32-35-38-41-44-47-50-56(59)62-53-54(52-61-55(58)49-46-43-40-37-34-31-24-21-18-15-12-9-6-3)63-57(60)51-48-45-42-39-36-33-29-26-23-20-17-14-11-8-5-2/h7,9-10,12-13,15-16,18-25,27-28,30-32,34-35,54H,4-6,8,11,14,17,26,29,33,36-53H2,1-3H3/b10-7+,12-9+,16-13+,18-15+,22-19+,23-20+,24-21+,27-25+,30-28+,34-31+,35-32+. The largest absolute Gasteiger partial charge is 0.462 e. The van der Waals surface area contributed by atoms with Crippen molar-refractivity contribution in [2.24, 2.45) is 0 Å². The van der Waals surface area contributed by atoms with E-state index in [1.54, 1.807) is 0 Å². The molecule has 0 spiro atoms. The summed E-state index contributed by atoms with van der Waals surface area (Å²) in [5, 5.41) is 0. The van der Waals surface area contributed by atoms with Gasteiger partial charge in [0.1, 0.15) is 13.2 Å². The van der Waals surface area contributed by atoms with Crippen molar-refractivity contribution in [2.45, 2.75) is 194 Å². The fourth-order valence-corrected chi connectivity index (χ4v) is 6.18. The van der Waals surface area contributed by atoms with Gasteiger partial charge in [-0.3, -0.25) is 14.4 Å². The van der Waals surface area contributed by atoms with Crippen LogP contribution in [0.4, 0.5) is 0 Å². The third-order valence-corrected chi connectivity index (χ3v) is 9.88. The lowest BCUT2D eigenvalue weighted by Gasteiger charge is -2.18. The van der Waals surface area contributed by atoms with Crippen molar-refractivity contribution < 1.29 is 28.6 Å². The van der Waals surface area contributed by atoms with Crippen molar-refractivity contribution in [3.8, 4) is 0 Å². The second kappa shape index (κ2) is 50.2. The molecule has 0 saturated carbocycles. The van der Waals surface area contributed by atoms with Crippen LogP contribution in [0.3, 0.4) is 0 Å². The highest BCUT2D eigenvalue weighted by Gasteiger charge is 2.19. The van der Waals surface area contributed by atoms with Gasteiger partial charge in [0.05, 0.1) is 0 Å². The third kappa shape index (κ3) is 48.4. The molecule has 1 unspecified atom stereocenters. The predicted octanol–water partition coefficient (Wildman–Crippen LogP) is 16.3. The van der Waals surface area contributed by atoms with Gasteiger partial charge in [0.25, 0.3) is 0 Å². The first kappa shape index (κ1) is 58.6. The second-order valence-electron chi connectivity index (χ2n) is 15.8. The fourth-order valence-electron chi connectivity index (χ4n) is 6.18. The number of carbonyl (C=O) groups is 3. The summed E-state index contributed by atoms with van der Waals surface area (Å²) >= 11 is 0. The maximum absolute atomic E-state index is 12.8. The van der Waals surface area contributed by atoms with Crippen LogP contribution in [0.15, 0.2) is 134 Å². The van der Waals surface area contributed by atoms with Gasteiger partial charge < -0.3 is 14.2 Å². The Labute approximate surface area is 385 Å². The highest BCUT2D eigenvalue weighted by atomic mass is 16.6. The number of rotatable bonds is 42. The van der Waals surface area contributed by atoms with Crippen LogP contribution < -0.4 is 0 Å². The van der Waals surface area contributed by atoms with Crippen LogP contribution in [0.5, 0.6) is 0 Å². The molecule has 0 N–H and O–H groups in total. The Balaban J connectivity index is 4.57. The molecule has 0 saturated heterocycles. The predicted molar refractivity (Wildman–Crippen MR) is 269 cm³/mol. The molecular weight excluding hydrogens is 781 g/mol. The zero-order chi connectivity index (χ0) is 45.8. The van der Waals surface area contributed by atoms with E-state index < -0.39 is 6.10 Å². The summed E-state index contributed by atoms with van der Waals surface area (Å²) in [5.41, 5.74) is 0. The van der Waals surface area contributed by atoms with E-state index in [9.17, 15) is 14.4 Å². The summed E-state index contributed by atoms with van der Waals surface area (Å²) in [6, 6.07) is 0. The maximum atomic E-state index is 12.8. The Morgan fingerprint density at radius 3 is 1.03 bits per heavy atom. The maximum Gasteiger partial charge on any atom is 0.306 e. The summed E-state index contributed by atoms with van der Waals surface area (Å²) in [5.74, 6) is -1.02. The molecule has 0 rings (SSSR count). The molecule has 0 aliphatic rings. The molecule has 0 aromatic carbocycles. The first-order valence-electron chi connectivity index (χ1n) is 24.8.